The van der Waals surface area contributed by atoms with Crippen molar-refractivity contribution in [3.63, 3.8) is 0 Å². The SMILES string of the molecule is C#CCNC(=O)CCc1ccc(OC)c(OC)c1. The monoisotopic (exact) mass is 247 g/mol. The number of ether oxygens (including phenoxy) is 2. The van der Waals surface area contributed by atoms with Gasteiger partial charge in [-0.3, -0.25) is 4.79 Å². The molecular weight excluding hydrogens is 230 g/mol. The molecule has 0 fully saturated rings. The Labute approximate surface area is 107 Å². The Kier molecular flexibility index (Phi) is 5.59. The molecule has 1 rings (SSSR count). The lowest BCUT2D eigenvalue weighted by Gasteiger charge is -2.09. The molecule has 1 amide bonds. The number of aryl methyl sites for hydroxylation is 1. The van der Waals surface area contributed by atoms with E-state index in [1.165, 1.54) is 0 Å². The first-order valence-electron chi connectivity index (χ1n) is 5.62. The van der Waals surface area contributed by atoms with E-state index >= 15 is 0 Å². The molecule has 0 unspecified atom stereocenters. The van der Waals surface area contributed by atoms with Gasteiger partial charge in [0.2, 0.25) is 5.91 Å². The van der Waals surface area contributed by atoms with E-state index < -0.39 is 0 Å². The third-order valence-corrected chi connectivity index (χ3v) is 2.48. The first kappa shape index (κ1) is 13.9. The van der Waals surface area contributed by atoms with E-state index in [4.69, 9.17) is 15.9 Å². The van der Waals surface area contributed by atoms with E-state index in [-0.39, 0.29) is 12.5 Å². The molecule has 0 atom stereocenters. The largest absolute Gasteiger partial charge is 0.493 e. The van der Waals surface area contributed by atoms with Gasteiger partial charge in [0.25, 0.3) is 0 Å². The van der Waals surface area contributed by atoms with Gasteiger partial charge in [-0.25, -0.2) is 0 Å². The Hall–Kier alpha value is -2.15. The molecule has 1 aromatic rings. The third kappa shape index (κ3) is 4.02. The van der Waals surface area contributed by atoms with Crippen LogP contribution in [-0.4, -0.2) is 26.7 Å². The van der Waals surface area contributed by atoms with E-state index in [0.29, 0.717) is 24.3 Å². The molecule has 0 radical (unpaired) electrons. The highest BCUT2D eigenvalue weighted by atomic mass is 16.5. The van der Waals surface area contributed by atoms with Gasteiger partial charge in [0.05, 0.1) is 20.8 Å². The number of methoxy groups -OCH3 is 2. The average Bonchev–Trinajstić information content (AvgIpc) is 2.42. The molecule has 0 aliphatic heterocycles. The molecule has 4 heteroatoms. The van der Waals surface area contributed by atoms with Crippen molar-refractivity contribution >= 4 is 5.91 Å². The van der Waals surface area contributed by atoms with Gasteiger partial charge in [0.1, 0.15) is 0 Å². The van der Waals surface area contributed by atoms with Crippen LogP contribution in [0.4, 0.5) is 0 Å². The van der Waals surface area contributed by atoms with Crippen LogP contribution < -0.4 is 14.8 Å². The minimum absolute atomic E-state index is 0.0530. The predicted molar refractivity (Wildman–Crippen MR) is 69.7 cm³/mol. The molecule has 0 saturated carbocycles. The minimum atomic E-state index is -0.0530. The Balaban J connectivity index is 2.58. The normalized spacial score (nSPS) is 9.39. The number of amides is 1. The highest BCUT2D eigenvalue weighted by Gasteiger charge is 2.06. The summed E-state index contributed by atoms with van der Waals surface area (Å²) in [6, 6.07) is 5.61. The first-order chi connectivity index (χ1) is 8.71. The Morgan fingerprint density at radius 1 is 1.33 bits per heavy atom. The van der Waals surface area contributed by atoms with Gasteiger partial charge in [0.15, 0.2) is 11.5 Å². The number of hydrogen-bond acceptors (Lipinski definition) is 3. The zero-order chi connectivity index (χ0) is 13.4. The highest BCUT2D eigenvalue weighted by Crippen LogP contribution is 2.27. The number of terminal acetylenes is 1. The van der Waals surface area contributed by atoms with E-state index in [1.54, 1.807) is 14.2 Å². The van der Waals surface area contributed by atoms with Crippen molar-refractivity contribution in [2.45, 2.75) is 12.8 Å². The minimum Gasteiger partial charge on any atom is -0.493 e. The molecule has 0 spiro atoms. The van der Waals surface area contributed by atoms with Crippen LogP contribution in [-0.2, 0) is 11.2 Å². The van der Waals surface area contributed by atoms with Crippen molar-refractivity contribution < 1.29 is 14.3 Å². The maximum atomic E-state index is 11.4. The van der Waals surface area contributed by atoms with Crippen LogP contribution in [0.5, 0.6) is 11.5 Å². The van der Waals surface area contributed by atoms with Gasteiger partial charge in [-0.15, -0.1) is 6.42 Å². The average molecular weight is 247 g/mol. The van der Waals surface area contributed by atoms with Gasteiger partial charge in [-0.1, -0.05) is 12.0 Å². The lowest BCUT2D eigenvalue weighted by Crippen LogP contribution is -2.23. The van der Waals surface area contributed by atoms with Crippen LogP contribution >= 0.6 is 0 Å². The molecule has 0 bridgehead atoms. The second-order valence-corrected chi connectivity index (χ2v) is 3.67. The molecule has 1 aromatic carbocycles. The molecule has 4 nitrogen and oxygen atoms in total. The van der Waals surface area contributed by atoms with Gasteiger partial charge >= 0.3 is 0 Å². The Morgan fingerprint density at radius 2 is 2.06 bits per heavy atom. The van der Waals surface area contributed by atoms with Crippen molar-refractivity contribution in [3.05, 3.63) is 23.8 Å². The molecule has 0 saturated heterocycles. The fourth-order valence-corrected chi connectivity index (χ4v) is 1.53. The second-order valence-electron chi connectivity index (χ2n) is 3.67. The molecule has 0 aromatic heterocycles. The topological polar surface area (TPSA) is 47.6 Å². The van der Waals surface area contributed by atoms with Crippen molar-refractivity contribution in [2.75, 3.05) is 20.8 Å². The van der Waals surface area contributed by atoms with Crippen molar-refractivity contribution in [3.8, 4) is 23.8 Å². The van der Waals surface area contributed by atoms with Gasteiger partial charge in [0, 0.05) is 6.42 Å². The van der Waals surface area contributed by atoms with Crippen molar-refractivity contribution in [2.24, 2.45) is 0 Å². The third-order valence-electron chi connectivity index (χ3n) is 2.48. The molecule has 96 valence electrons. The highest BCUT2D eigenvalue weighted by molar-refractivity contribution is 5.76. The van der Waals surface area contributed by atoms with Crippen molar-refractivity contribution in [1.29, 1.82) is 0 Å². The standard InChI is InChI=1S/C14H17NO3/c1-4-9-15-14(16)8-6-11-5-7-12(17-2)13(10-11)18-3/h1,5,7,10H,6,8-9H2,2-3H3,(H,15,16). The summed E-state index contributed by atoms with van der Waals surface area (Å²) in [6.07, 6.45) is 6.09. The summed E-state index contributed by atoms with van der Waals surface area (Å²) >= 11 is 0. The summed E-state index contributed by atoms with van der Waals surface area (Å²) in [7, 11) is 3.17. The second kappa shape index (κ2) is 7.23. The molecule has 0 aliphatic rings. The van der Waals surface area contributed by atoms with Crippen molar-refractivity contribution in [1.82, 2.24) is 5.32 Å². The Bertz CT molecular complexity index is 449. The van der Waals surface area contributed by atoms with Crippen LogP contribution in [0.2, 0.25) is 0 Å². The molecule has 18 heavy (non-hydrogen) atoms. The summed E-state index contributed by atoms with van der Waals surface area (Å²) in [5.74, 6) is 3.65. The lowest BCUT2D eigenvalue weighted by atomic mass is 10.1. The predicted octanol–water partition coefficient (Wildman–Crippen LogP) is 1.39. The van der Waals surface area contributed by atoms with E-state index in [1.807, 2.05) is 18.2 Å². The van der Waals surface area contributed by atoms with Crippen LogP contribution in [0.15, 0.2) is 18.2 Å². The lowest BCUT2D eigenvalue weighted by molar-refractivity contribution is -0.120. The molecule has 1 N–H and O–H groups in total. The number of hydrogen-bond donors (Lipinski definition) is 1. The summed E-state index contributed by atoms with van der Waals surface area (Å²) in [5.41, 5.74) is 1.02. The van der Waals surface area contributed by atoms with Gasteiger partial charge in [-0.05, 0) is 24.1 Å². The number of nitrogens with one attached hydrogen (secondary N) is 1. The van der Waals surface area contributed by atoms with E-state index in [0.717, 1.165) is 5.56 Å². The summed E-state index contributed by atoms with van der Waals surface area (Å²) < 4.78 is 10.3. The van der Waals surface area contributed by atoms with E-state index in [9.17, 15) is 4.79 Å². The fraction of sp³-hybridized carbons (Fsp3) is 0.357. The smallest absolute Gasteiger partial charge is 0.221 e. The maximum absolute atomic E-state index is 11.4. The summed E-state index contributed by atoms with van der Waals surface area (Å²) in [6.45, 7) is 0.269. The first-order valence-corrected chi connectivity index (χ1v) is 5.62. The van der Waals surface area contributed by atoms with Crippen LogP contribution in [0.1, 0.15) is 12.0 Å². The van der Waals surface area contributed by atoms with Crippen LogP contribution in [0.3, 0.4) is 0 Å². The maximum Gasteiger partial charge on any atom is 0.221 e. The van der Waals surface area contributed by atoms with Crippen LogP contribution in [0, 0.1) is 12.3 Å². The van der Waals surface area contributed by atoms with E-state index in [2.05, 4.69) is 11.2 Å². The van der Waals surface area contributed by atoms with Crippen LogP contribution in [0.25, 0.3) is 0 Å². The molecule has 0 aliphatic carbocycles. The van der Waals surface area contributed by atoms with Gasteiger partial charge in [-0.2, -0.15) is 0 Å². The number of carbonyl (C=O) groups excluding carboxylic acids is 1. The number of benzene rings is 1. The fourth-order valence-electron chi connectivity index (χ4n) is 1.53. The van der Waals surface area contributed by atoms with Gasteiger partial charge < -0.3 is 14.8 Å². The zero-order valence-corrected chi connectivity index (χ0v) is 10.7. The molecule has 0 heterocycles. The molecular formula is C14H17NO3. The quantitative estimate of drug-likeness (QED) is 0.773. The number of rotatable bonds is 6. The zero-order valence-electron chi connectivity index (χ0n) is 10.7. The number of carbonyl (C=O) groups is 1. The Morgan fingerprint density at radius 3 is 2.67 bits per heavy atom. The summed E-state index contributed by atoms with van der Waals surface area (Å²) in [4.78, 5) is 11.4. The summed E-state index contributed by atoms with van der Waals surface area (Å²) in [5, 5.41) is 2.62.